The van der Waals surface area contributed by atoms with Gasteiger partial charge < -0.3 is 9.63 Å². The fourth-order valence-corrected chi connectivity index (χ4v) is 1.84. The summed E-state index contributed by atoms with van der Waals surface area (Å²) in [6.07, 6.45) is 1.80. The monoisotopic (exact) mass is 259 g/mol. The number of nitrogens with zero attached hydrogens (tertiary/aromatic N) is 5. The van der Waals surface area contributed by atoms with Gasteiger partial charge in [0.25, 0.3) is 0 Å². The molecule has 0 saturated carbocycles. The van der Waals surface area contributed by atoms with E-state index in [9.17, 15) is 4.79 Å². The van der Waals surface area contributed by atoms with Crippen LogP contribution in [0.2, 0.25) is 0 Å². The minimum Gasteiger partial charge on any atom is -0.478 e. The normalized spacial score (nSPS) is 10.9. The van der Waals surface area contributed by atoms with Crippen LogP contribution in [-0.2, 0) is 13.0 Å². The molecule has 0 unspecified atom stereocenters. The number of hydrogen-bond acceptors (Lipinski definition) is 6. The lowest BCUT2D eigenvalue weighted by Gasteiger charge is -2.00. The third-order valence-corrected chi connectivity index (χ3v) is 2.73. The Bertz CT molecular complexity index is 719. The van der Waals surface area contributed by atoms with Gasteiger partial charge in [-0.05, 0) is 12.1 Å². The zero-order valence-corrected chi connectivity index (χ0v) is 9.72. The van der Waals surface area contributed by atoms with Crippen molar-refractivity contribution in [3.8, 4) is 0 Å². The summed E-state index contributed by atoms with van der Waals surface area (Å²) >= 11 is 0. The van der Waals surface area contributed by atoms with E-state index in [0.717, 1.165) is 0 Å². The van der Waals surface area contributed by atoms with E-state index >= 15 is 0 Å². The molecule has 0 atom stereocenters. The van der Waals surface area contributed by atoms with E-state index < -0.39 is 5.97 Å². The standard InChI is InChI=1S/C11H9N5O3/c17-11(18)7-2-1-3-8-10(7)13-15-16(8)5-4-9-12-6-19-14-9/h1-3,6H,4-5H2,(H,17,18). The Balaban J connectivity index is 1.92. The van der Waals surface area contributed by atoms with Gasteiger partial charge in [0.15, 0.2) is 5.82 Å². The van der Waals surface area contributed by atoms with Gasteiger partial charge in [0.2, 0.25) is 6.39 Å². The van der Waals surface area contributed by atoms with E-state index in [-0.39, 0.29) is 5.56 Å². The van der Waals surface area contributed by atoms with Crippen LogP contribution in [0, 0.1) is 0 Å². The Hall–Kier alpha value is -2.77. The molecule has 1 aromatic carbocycles. The van der Waals surface area contributed by atoms with E-state index in [1.165, 1.54) is 12.5 Å². The fourth-order valence-electron chi connectivity index (χ4n) is 1.84. The third-order valence-electron chi connectivity index (χ3n) is 2.73. The predicted molar refractivity (Wildman–Crippen MR) is 62.5 cm³/mol. The Labute approximate surface area is 106 Å². The van der Waals surface area contributed by atoms with Crippen molar-refractivity contribution in [3.05, 3.63) is 36.0 Å². The molecule has 1 N–H and O–H groups in total. The number of carboxylic acid groups (broad SMARTS) is 1. The average Bonchev–Trinajstić information content (AvgIpc) is 3.05. The number of benzene rings is 1. The molecular weight excluding hydrogens is 250 g/mol. The van der Waals surface area contributed by atoms with Gasteiger partial charge in [-0.3, -0.25) is 0 Å². The summed E-state index contributed by atoms with van der Waals surface area (Å²) in [5.74, 6) is -0.450. The van der Waals surface area contributed by atoms with Crippen molar-refractivity contribution in [1.82, 2.24) is 25.1 Å². The van der Waals surface area contributed by atoms with Gasteiger partial charge in [0.1, 0.15) is 5.52 Å². The molecule has 0 aliphatic heterocycles. The topological polar surface area (TPSA) is 107 Å². The van der Waals surface area contributed by atoms with Gasteiger partial charge in [-0.25, -0.2) is 9.48 Å². The number of hydrogen-bond donors (Lipinski definition) is 1. The van der Waals surface area contributed by atoms with Crippen LogP contribution in [0.5, 0.6) is 0 Å². The largest absolute Gasteiger partial charge is 0.478 e. The van der Waals surface area contributed by atoms with Crippen molar-refractivity contribution in [3.63, 3.8) is 0 Å². The SMILES string of the molecule is O=C(O)c1cccc2c1nnn2CCc1ncon1. The van der Waals surface area contributed by atoms with Gasteiger partial charge in [0, 0.05) is 6.42 Å². The average molecular weight is 259 g/mol. The minimum absolute atomic E-state index is 0.142. The quantitative estimate of drug-likeness (QED) is 0.736. The second-order valence-electron chi connectivity index (χ2n) is 3.89. The second-order valence-corrected chi connectivity index (χ2v) is 3.89. The molecule has 0 fully saturated rings. The first-order valence-electron chi connectivity index (χ1n) is 5.56. The molecule has 0 saturated heterocycles. The second kappa shape index (κ2) is 4.48. The lowest BCUT2D eigenvalue weighted by Crippen LogP contribution is -2.04. The molecule has 19 heavy (non-hydrogen) atoms. The highest BCUT2D eigenvalue weighted by Crippen LogP contribution is 2.16. The molecule has 0 spiro atoms. The Morgan fingerprint density at radius 3 is 3.05 bits per heavy atom. The van der Waals surface area contributed by atoms with Crippen LogP contribution in [0.4, 0.5) is 0 Å². The molecule has 3 aromatic rings. The molecule has 2 aromatic heterocycles. The zero-order chi connectivity index (χ0) is 13.2. The number of carboxylic acids is 1. The molecule has 3 rings (SSSR count). The van der Waals surface area contributed by atoms with Crippen LogP contribution in [0.25, 0.3) is 11.0 Å². The van der Waals surface area contributed by atoms with Gasteiger partial charge in [-0.2, -0.15) is 4.98 Å². The van der Waals surface area contributed by atoms with Gasteiger partial charge in [0.05, 0.1) is 17.6 Å². The number of aryl methyl sites for hydroxylation is 2. The summed E-state index contributed by atoms with van der Waals surface area (Å²) in [7, 11) is 0. The van der Waals surface area contributed by atoms with Gasteiger partial charge in [-0.15, -0.1) is 5.10 Å². The maximum atomic E-state index is 11.1. The molecule has 2 heterocycles. The lowest BCUT2D eigenvalue weighted by molar-refractivity contribution is 0.0699. The van der Waals surface area contributed by atoms with Crippen LogP contribution in [0.3, 0.4) is 0 Å². The molecule has 8 heteroatoms. The molecule has 0 radical (unpaired) electrons. The van der Waals surface area contributed by atoms with Crippen molar-refractivity contribution < 1.29 is 14.4 Å². The first-order valence-corrected chi connectivity index (χ1v) is 5.56. The summed E-state index contributed by atoms with van der Waals surface area (Å²) in [5.41, 5.74) is 1.19. The molecular formula is C11H9N5O3. The Kier molecular flexibility index (Phi) is 2.67. The van der Waals surface area contributed by atoms with Gasteiger partial charge >= 0.3 is 5.97 Å². The van der Waals surface area contributed by atoms with E-state index in [2.05, 4.69) is 25.0 Å². The van der Waals surface area contributed by atoms with Crippen molar-refractivity contribution in [1.29, 1.82) is 0 Å². The Morgan fingerprint density at radius 1 is 1.42 bits per heavy atom. The summed E-state index contributed by atoms with van der Waals surface area (Å²) in [6, 6.07) is 4.95. The highest BCUT2D eigenvalue weighted by atomic mass is 16.5. The highest BCUT2D eigenvalue weighted by molar-refractivity contribution is 6.00. The lowest BCUT2D eigenvalue weighted by atomic mass is 10.2. The van der Waals surface area contributed by atoms with Crippen molar-refractivity contribution in [2.45, 2.75) is 13.0 Å². The van der Waals surface area contributed by atoms with E-state index in [4.69, 9.17) is 5.11 Å². The molecule has 8 nitrogen and oxygen atoms in total. The van der Waals surface area contributed by atoms with E-state index in [1.54, 1.807) is 16.8 Å². The first kappa shape index (κ1) is 11.3. The van der Waals surface area contributed by atoms with Crippen LogP contribution in [-0.4, -0.2) is 36.2 Å². The van der Waals surface area contributed by atoms with Crippen molar-refractivity contribution in [2.75, 3.05) is 0 Å². The number of aromatic carboxylic acids is 1. The van der Waals surface area contributed by atoms with E-state index in [0.29, 0.717) is 29.8 Å². The molecule has 0 bridgehead atoms. The van der Waals surface area contributed by atoms with Crippen LogP contribution < -0.4 is 0 Å². The summed E-state index contributed by atoms with van der Waals surface area (Å²) in [4.78, 5) is 15.0. The maximum Gasteiger partial charge on any atom is 0.338 e. The number of aromatic nitrogens is 5. The predicted octanol–water partition coefficient (Wildman–Crippen LogP) is 0.755. The summed E-state index contributed by atoms with van der Waals surface area (Å²) in [5, 5.41) is 20.6. The van der Waals surface area contributed by atoms with Crippen LogP contribution in [0.15, 0.2) is 29.1 Å². The van der Waals surface area contributed by atoms with Crippen LogP contribution >= 0.6 is 0 Å². The van der Waals surface area contributed by atoms with Crippen LogP contribution in [0.1, 0.15) is 16.2 Å². The fraction of sp³-hybridized carbons (Fsp3) is 0.182. The smallest absolute Gasteiger partial charge is 0.338 e. The summed E-state index contributed by atoms with van der Waals surface area (Å²) < 4.78 is 6.26. The highest BCUT2D eigenvalue weighted by Gasteiger charge is 2.13. The Morgan fingerprint density at radius 2 is 2.32 bits per heavy atom. The van der Waals surface area contributed by atoms with Crippen molar-refractivity contribution >= 4 is 17.0 Å². The number of rotatable bonds is 4. The zero-order valence-electron chi connectivity index (χ0n) is 9.72. The van der Waals surface area contributed by atoms with Gasteiger partial charge in [-0.1, -0.05) is 16.4 Å². The summed E-state index contributed by atoms with van der Waals surface area (Å²) in [6.45, 7) is 0.499. The third kappa shape index (κ3) is 2.03. The molecule has 0 aliphatic rings. The molecule has 0 aliphatic carbocycles. The first-order chi connectivity index (χ1) is 9.25. The number of fused-ring (bicyclic) bond motifs is 1. The van der Waals surface area contributed by atoms with Crippen molar-refractivity contribution in [2.24, 2.45) is 0 Å². The molecule has 96 valence electrons. The van der Waals surface area contributed by atoms with E-state index in [1.807, 2.05) is 0 Å². The molecule has 0 amide bonds. The maximum absolute atomic E-state index is 11.1. The number of carbonyl (C=O) groups is 1. The minimum atomic E-state index is -1.02.